The van der Waals surface area contributed by atoms with Crippen molar-refractivity contribution in [3.8, 4) is 0 Å². The molecule has 3 aromatic heterocycles. The molecule has 3 heterocycles. The fraction of sp³-hybridized carbons (Fsp3) is 0.429. The fourth-order valence-electron chi connectivity index (χ4n) is 2.38. The molecular formula is C14H19N7. The van der Waals surface area contributed by atoms with Crippen molar-refractivity contribution in [1.82, 2.24) is 34.9 Å². The van der Waals surface area contributed by atoms with E-state index in [2.05, 4.69) is 30.2 Å². The summed E-state index contributed by atoms with van der Waals surface area (Å²) in [5.74, 6) is 1.88. The van der Waals surface area contributed by atoms with Crippen LogP contribution in [0, 0.1) is 6.92 Å². The highest BCUT2D eigenvalue weighted by atomic mass is 15.3. The minimum absolute atomic E-state index is 0.823. The number of nitrogens with one attached hydrogen (secondary N) is 2. The number of rotatable bonds is 7. The first-order valence-electron chi connectivity index (χ1n) is 7.16. The lowest BCUT2D eigenvalue weighted by atomic mass is 10.1. The topological polar surface area (TPSA) is 88.1 Å². The van der Waals surface area contributed by atoms with E-state index in [0.29, 0.717) is 0 Å². The van der Waals surface area contributed by atoms with Crippen LogP contribution in [0.2, 0.25) is 0 Å². The first-order valence-corrected chi connectivity index (χ1v) is 7.16. The highest BCUT2D eigenvalue weighted by molar-refractivity contribution is 5.03. The summed E-state index contributed by atoms with van der Waals surface area (Å²) in [6.45, 7) is 2.76. The first kappa shape index (κ1) is 13.5. The molecule has 0 radical (unpaired) electrons. The summed E-state index contributed by atoms with van der Waals surface area (Å²) in [6, 6.07) is 0. The standard InChI is InChI=1S/C14H19N7/c1-11-19-14(4-2-3-12-7-17-18-8-12)21(20-11)6-5-13-9-15-10-16-13/h7-10H,2-6H2,1H3,(H,15,16)(H,17,18). The van der Waals surface area contributed by atoms with E-state index >= 15 is 0 Å². The van der Waals surface area contributed by atoms with E-state index in [0.717, 1.165) is 49.6 Å². The number of imidazole rings is 1. The molecule has 2 N–H and O–H groups in total. The molecule has 21 heavy (non-hydrogen) atoms. The lowest BCUT2D eigenvalue weighted by molar-refractivity contribution is 0.564. The molecule has 0 spiro atoms. The molecular weight excluding hydrogens is 266 g/mol. The van der Waals surface area contributed by atoms with Crippen molar-refractivity contribution in [2.24, 2.45) is 0 Å². The number of hydrogen-bond donors (Lipinski definition) is 2. The number of nitrogens with zero attached hydrogens (tertiary/aromatic N) is 5. The summed E-state index contributed by atoms with van der Waals surface area (Å²) in [6.07, 6.45) is 11.2. The summed E-state index contributed by atoms with van der Waals surface area (Å²) in [4.78, 5) is 11.7. The molecule has 0 fully saturated rings. The normalized spacial score (nSPS) is 11.1. The van der Waals surface area contributed by atoms with Crippen molar-refractivity contribution in [3.05, 3.63) is 47.8 Å². The molecule has 0 bridgehead atoms. The van der Waals surface area contributed by atoms with Crippen LogP contribution in [-0.4, -0.2) is 34.9 Å². The van der Waals surface area contributed by atoms with Gasteiger partial charge < -0.3 is 4.98 Å². The van der Waals surface area contributed by atoms with E-state index in [1.165, 1.54) is 5.56 Å². The van der Waals surface area contributed by atoms with Crippen molar-refractivity contribution in [3.63, 3.8) is 0 Å². The minimum Gasteiger partial charge on any atom is -0.348 e. The molecule has 0 saturated carbocycles. The number of aromatic amines is 2. The van der Waals surface area contributed by atoms with Crippen LogP contribution >= 0.6 is 0 Å². The summed E-state index contributed by atoms with van der Waals surface area (Å²) < 4.78 is 2.01. The van der Waals surface area contributed by atoms with Crippen molar-refractivity contribution in [1.29, 1.82) is 0 Å². The Labute approximate surface area is 122 Å². The average molecular weight is 285 g/mol. The molecule has 0 unspecified atom stereocenters. The summed E-state index contributed by atoms with van der Waals surface area (Å²) in [7, 11) is 0. The monoisotopic (exact) mass is 285 g/mol. The molecule has 7 heteroatoms. The Kier molecular flexibility index (Phi) is 4.09. The van der Waals surface area contributed by atoms with Gasteiger partial charge in [0, 0.05) is 37.5 Å². The smallest absolute Gasteiger partial charge is 0.147 e. The van der Waals surface area contributed by atoms with Crippen LogP contribution in [0.25, 0.3) is 0 Å². The Bertz CT molecular complexity index is 652. The van der Waals surface area contributed by atoms with E-state index in [-0.39, 0.29) is 0 Å². The highest BCUT2D eigenvalue weighted by Gasteiger charge is 2.08. The minimum atomic E-state index is 0.823. The predicted octanol–water partition coefficient (Wildman–Crippen LogP) is 1.45. The maximum Gasteiger partial charge on any atom is 0.147 e. The molecule has 0 aliphatic heterocycles. The molecule has 3 aromatic rings. The van der Waals surface area contributed by atoms with Gasteiger partial charge >= 0.3 is 0 Å². The quantitative estimate of drug-likeness (QED) is 0.687. The second-order valence-electron chi connectivity index (χ2n) is 5.09. The number of aromatic nitrogens is 7. The third-order valence-corrected chi connectivity index (χ3v) is 3.42. The molecule has 7 nitrogen and oxygen atoms in total. The third kappa shape index (κ3) is 3.56. The zero-order valence-corrected chi connectivity index (χ0v) is 12.1. The Morgan fingerprint density at radius 3 is 2.90 bits per heavy atom. The molecule has 0 aliphatic rings. The van der Waals surface area contributed by atoms with E-state index in [1.807, 2.05) is 30.2 Å². The molecule has 0 aromatic carbocycles. The van der Waals surface area contributed by atoms with Crippen LogP contribution in [0.5, 0.6) is 0 Å². The molecule has 110 valence electrons. The summed E-state index contributed by atoms with van der Waals surface area (Å²) >= 11 is 0. The Morgan fingerprint density at radius 2 is 2.14 bits per heavy atom. The van der Waals surface area contributed by atoms with Gasteiger partial charge in [0.05, 0.1) is 12.5 Å². The second-order valence-corrected chi connectivity index (χ2v) is 5.09. The van der Waals surface area contributed by atoms with Gasteiger partial charge in [0.15, 0.2) is 0 Å². The second kappa shape index (κ2) is 6.34. The van der Waals surface area contributed by atoms with Crippen molar-refractivity contribution < 1.29 is 0 Å². The van der Waals surface area contributed by atoms with Crippen LogP contribution in [0.1, 0.15) is 29.3 Å². The maximum atomic E-state index is 4.53. The zero-order chi connectivity index (χ0) is 14.5. The van der Waals surface area contributed by atoms with E-state index in [1.54, 1.807) is 6.33 Å². The van der Waals surface area contributed by atoms with E-state index in [9.17, 15) is 0 Å². The molecule has 3 rings (SSSR count). The van der Waals surface area contributed by atoms with Crippen LogP contribution in [0.4, 0.5) is 0 Å². The van der Waals surface area contributed by atoms with Crippen molar-refractivity contribution in [2.45, 2.75) is 39.2 Å². The maximum absolute atomic E-state index is 4.53. The zero-order valence-electron chi connectivity index (χ0n) is 12.1. The lowest BCUT2D eigenvalue weighted by Gasteiger charge is -2.04. The van der Waals surface area contributed by atoms with Crippen LogP contribution in [0.3, 0.4) is 0 Å². The lowest BCUT2D eigenvalue weighted by Crippen LogP contribution is -2.08. The Hall–Kier alpha value is -2.44. The van der Waals surface area contributed by atoms with Gasteiger partial charge in [0.2, 0.25) is 0 Å². The number of hydrogen-bond acceptors (Lipinski definition) is 4. The average Bonchev–Trinajstić information content (AvgIpc) is 3.18. The highest BCUT2D eigenvalue weighted by Crippen LogP contribution is 2.07. The fourth-order valence-corrected chi connectivity index (χ4v) is 2.38. The summed E-state index contributed by atoms with van der Waals surface area (Å²) in [5.41, 5.74) is 2.35. The number of aryl methyl sites for hydroxylation is 5. The van der Waals surface area contributed by atoms with E-state index in [4.69, 9.17) is 0 Å². The van der Waals surface area contributed by atoms with Gasteiger partial charge in [-0.25, -0.2) is 14.6 Å². The van der Waals surface area contributed by atoms with Crippen molar-refractivity contribution in [2.75, 3.05) is 0 Å². The van der Waals surface area contributed by atoms with Gasteiger partial charge in [-0.05, 0) is 25.3 Å². The third-order valence-electron chi connectivity index (χ3n) is 3.42. The first-order chi connectivity index (χ1) is 10.3. The van der Waals surface area contributed by atoms with Gasteiger partial charge in [0.1, 0.15) is 11.6 Å². The van der Waals surface area contributed by atoms with Gasteiger partial charge in [-0.2, -0.15) is 10.2 Å². The van der Waals surface area contributed by atoms with Crippen LogP contribution in [0.15, 0.2) is 24.9 Å². The van der Waals surface area contributed by atoms with Crippen LogP contribution in [-0.2, 0) is 25.8 Å². The largest absolute Gasteiger partial charge is 0.348 e. The molecule has 0 amide bonds. The van der Waals surface area contributed by atoms with Crippen LogP contribution < -0.4 is 0 Å². The van der Waals surface area contributed by atoms with Crippen molar-refractivity contribution >= 4 is 0 Å². The predicted molar refractivity (Wildman–Crippen MR) is 77.7 cm³/mol. The number of H-pyrrole nitrogens is 2. The Morgan fingerprint density at radius 1 is 1.19 bits per heavy atom. The Balaban J connectivity index is 1.56. The molecule has 0 atom stereocenters. The SMILES string of the molecule is Cc1nc(CCCc2cn[nH]c2)n(CCc2cnc[nH]2)n1. The molecule has 0 saturated heterocycles. The van der Waals surface area contributed by atoms with Gasteiger partial charge in [-0.15, -0.1) is 0 Å². The van der Waals surface area contributed by atoms with Gasteiger partial charge in [-0.1, -0.05) is 0 Å². The summed E-state index contributed by atoms with van der Waals surface area (Å²) in [5, 5.41) is 11.3. The van der Waals surface area contributed by atoms with E-state index < -0.39 is 0 Å². The van der Waals surface area contributed by atoms with Gasteiger partial charge in [0.25, 0.3) is 0 Å². The molecule has 0 aliphatic carbocycles. The van der Waals surface area contributed by atoms with Gasteiger partial charge in [-0.3, -0.25) is 5.10 Å².